The van der Waals surface area contributed by atoms with E-state index in [2.05, 4.69) is 31.9 Å². The second-order valence-electron chi connectivity index (χ2n) is 2.62. The largest absolute Gasteiger partial charge is 0.478 e. The fraction of sp³-hybridized carbons (Fsp3) is 0. The summed E-state index contributed by atoms with van der Waals surface area (Å²) in [6, 6.07) is 0. The standard InChI is InChI=1S/C8H2Br2Cl2O4/c9-3-1(7(13)14)5(11)4(10)2(6(3)12)8(15)16/h(H,13,14)(H,15,16). The molecule has 0 aliphatic carbocycles. The van der Waals surface area contributed by atoms with E-state index in [9.17, 15) is 9.59 Å². The number of hydrogen-bond donors (Lipinski definition) is 2. The zero-order valence-electron chi connectivity index (χ0n) is 7.22. The Kier molecular flexibility index (Phi) is 4.23. The van der Waals surface area contributed by atoms with Crippen LogP contribution in [0.15, 0.2) is 8.95 Å². The highest BCUT2D eigenvalue weighted by atomic mass is 79.9. The monoisotopic (exact) mass is 390 g/mol. The molecule has 0 aliphatic rings. The Balaban J connectivity index is 3.77. The maximum absolute atomic E-state index is 10.9. The lowest BCUT2D eigenvalue weighted by Gasteiger charge is -2.10. The Bertz CT molecular complexity index is 427. The van der Waals surface area contributed by atoms with Crippen molar-refractivity contribution < 1.29 is 19.8 Å². The van der Waals surface area contributed by atoms with E-state index in [1.807, 2.05) is 0 Å². The first-order chi connectivity index (χ1) is 7.29. The molecule has 0 saturated carbocycles. The van der Waals surface area contributed by atoms with Crippen molar-refractivity contribution in [3.8, 4) is 0 Å². The van der Waals surface area contributed by atoms with E-state index in [0.717, 1.165) is 0 Å². The van der Waals surface area contributed by atoms with Gasteiger partial charge in [0.1, 0.15) is 0 Å². The lowest BCUT2D eigenvalue weighted by atomic mass is 10.1. The Morgan fingerprint density at radius 1 is 0.875 bits per heavy atom. The Hall–Kier alpha value is -0.300. The van der Waals surface area contributed by atoms with Gasteiger partial charge in [-0.15, -0.1) is 0 Å². The molecule has 0 radical (unpaired) electrons. The number of hydrogen-bond acceptors (Lipinski definition) is 2. The van der Waals surface area contributed by atoms with Crippen LogP contribution in [0.2, 0.25) is 10.0 Å². The van der Waals surface area contributed by atoms with Crippen molar-refractivity contribution in [2.24, 2.45) is 0 Å². The van der Waals surface area contributed by atoms with Crippen LogP contribution in [-0.2, 0) is 0 Å². The lowest BCUT2D eigenvalue weighted by Crippen LogP contribution is -2.06. The summed E-state index contributed by atoms with van der Waals surface area (Å²) < 4.78 is -0.125. The molecule has 0 heterocycles. The van der Waals surface area contributed by atoms with Crippen molar-refractivity contribution in [1.29, 1.82) is 0 Å². The molecule has 0 saturated heterocycles. The summed E-state index contributed by atoms with van der Waals surface area (Å²) in [6.45, 7) is 0. The topological polar surface area (TPSA) is 74.6 Å². The molecule has 1 aromatic rings. The number of aromatic carboxylic acids is 2. The van der Waals surface area contributed by atoms with Gasteiger partial charge in [-0.1, -0.05) is 23.2 Å². The molecule has 1 rings (SSSR count). The van der Waals surface area contributed by atoms with Crippen molar-refractivity contribution in [3.63, 3.8) is 0 Å². The van der Waals surface area contributed by atoms with Crippen LogP contribution in [0.5, 0.6) is 0 Å². The molecule has 0 atom stereocenters. The average Bonchev–Trinajstić information content (AvgIpc) is 2.14. The smallest absolute Gasteiger partial charge is 0.338 e. The third-order valence-corrected chi connectivity index (χ3v) is 4.49. The SMILES string of the molecule is O=C(O)c1c(Cl)c(Br)c(C(=O)O)c(Cl)c1Br. The van der Waals surface area contributed by atoms with Gasteiger partial charge >= 0.3 is 11.9 Å². The minimum atomic E-state index is -1.31. The second-order valence-corrected chi connectivity index (χ2v) is 4.96. The zero-order valence-corrected chi connectivity index (χ0v) is 11.9. The highest BCUT2D eigenvalue weighted by Crippen LogP contribution is 2.41. The van der Waals surface area contributed by atoms with Crippen LogP contribution < -0.4 is 0 Å². The molecular formula is C8H2Br2Cl2O4. The molecular weight excluding hydrogens is 391 g/mol. The normalized spacial score (nSPS) is 10.2. The first-order valence-electron chi connectivity index (χ1n) is 3.61. The second kappa shape index (κ2) is 4.91. The molecule has 16 heavy (non-hydrogen) atoms. The molecule has 8 heteroatoms. The Morgan fingerprint density at radius 2 is 1.12 bits per heavy atom. The third kappa shape index (κ3) is 2.20. The number of carbonyl (C=O) groups is 2. The molecule has 0 bridgehead atoms. The van der Waals surface area contributed by atoms with Gasteiger partial charge in [0, 0.05) is 0 Å². The molecule has 0 aliphatic heterocycles. The summed E-state index contributed by atoms with van der Waals surface area (Å²) in [6.07, 6.45) is 0. The predicted molar refractivity (Wildman–Crippen MR) is 65.8 cm³/mol. The molecule has 1 aromatic carbocycles. The number of halogens is 4. The quantitative estimate of drug-likeness (QED) is 0.748. The molecule has 0 aromatic heterocycles. The van der Waals surface area contributed by atoms with Gasteiger partial charge in [0.15, 0.2) is 0 Å². The van der Waals surface area contributed by atoms with E-state index in [1.54, 1.807) is 0 Å². The fourth-order valence-corrected chi connectivity index (χ4v) is 2.91. The first kappa shape index (κ1) is 13.8. The number of carboxylic acid groups (broad SMARTS) is 2. The summed E-state index contributed by atoms with van der Waals surface area (Å²) in [5, 5.41) is 17.3. The van der Waals surface area contributed by atoms with Gasteiger partial charge in [0.05, 0.1) is 30.1 Å². The van der Waals surface area contributed by atoms with Crippen molar-refractivity contribution in [1.82, 2.24) is 0 Å². The number of rotatable bonds is 2. The van der Waals surface area contributed by atoms with Gasteiger partial charge in [-0.25, -0.2) is 9.59 Å². The van der Waals surface area contributed by atoms with Gasteiger partial charge in [0.25, 0.3) is 0 Å². The van der Waals surface area contributed by atoms with Crippen LogP contribution in [0.25, 0.3) is 0 Å². The van der Waals surface area contributed by atoms with Crippen molar-refractivity contribution >= 4 is 67.0 Å². The maximum Gasteiger partial charge on any atom is 0.338 e. The number of carboxylic acids is 2. The molecule has 2 N–H and O–H groups in total. The van der Waals surface area contributed by atoms with E-state index in [0.29, 0.717) is 0 Å². The van der Waals surface area contributed by atoms with E-state index >= 15 is 0 Å². The Morgan fingerprint density at radius 3 is 1.31 bits per heavy atom. The maximum atomic E-state index is 10.9. The molecule has 0 fully saturated rings. The van der Waals surface area contributed by atoms with Gasteiger partial charge in [-0.05, 0) is 31.9 Å². The van der Waals surface area contributed by atoms with Crippen molar-refractivity contribution in [2.45, 2.75) is 0 Å². The van der Waals surface area contributed by atoms with E-state index in [-0.39, 0.29) is 30.1 Å². The van der Waals surface area contributed by atoms with Gasteiger partial charge in [0.2, 0.25) is 0 Å². The van der Waals surface area contributed by atoms with Crippen LogP contribution >= 0.6 is 55.1 Å². The summed E-state index contributed by atoms with van der Waals surface area (Å²) in [4.78, 5) is 21.8. The Labute approximate surface area is 116 Å². The third-order valence-electron chi connectivity index (χ3n) is 1.69. The van der Waals surface area contributed by atoms with Crippen LogP contribution in [0, 0.1) is 0 Å². The summed E-state index contributed by atoms with van der Waals surface area (Å²) in [5.74, 6) is -2.62. The van der Waals surface area contributed by atoms with Gasteiger partial charge in [-0.2, -0.15) is 0 Å². The van der Waals surface area contributed by atoms with Gasteiger partial charge in [-0.3, -0.25) is 0 Å². The molecule has 0 unspecified atom stereocenters. The lowest BCUT2D eigenvalue weighted by molar-refractivity contribution is 0.0679. The molecule has 0 spiro atoms. The van der Waals surface area contributed by atoms with Crippen LogP contribution in [-0.4, -0.2) is 22.2 Å². The number of benzene rings is 1. The van der Waals surface area contributed by atoms with E-state index in [4.69, 9.17) is 33.4 Å². The summed E-state index contributed by atoms with van der Waals surface area (Å²) in [7, 11) is 0. The highest BCUT2D eigenvalue weighted by Gasteiger charge is 2.26. The summed E-state index contributed by atoms with van der Waals surface area (Å²) >= 11 is 17.3. The van der Waals surface area contributed by atoms with Crippen molar-refractivity contribution in [2.75, 3.05) is 0 Å². The first-order valence-corrected chi connectivity index (χ1v) is 5.95. The predicted octanol–water partition coefficient (Wildman–Crippen LogP) is 3.91. The van der Waals surface area contributed by atoms with Crippen LogP contribution in [0.4, 0.5) is 0 Å². The van der Waals surface area contributed by atoms with Crippen molar-refractivity contribution in [3.05, 3.63) is 30.1 Å². The zero-order chi connectivity index (χ0) is 12.6. The minimum Gasteiger partial charge on any atom is -0.478 e. The average molecular weight is 393 g/mol. The highest BCUT2D eigenvalue weighted by molar-refractivity contribution is 9.11. The molecule has 4 nitrogen and oxygen atoms in total. The van der Waals surface area contributed by atoms with Crippen LogP contribution in [0.3, 0.4) is 0 Å². The minimum absolute atomic E-state index is 0.0627. The van der Waals surface area contributed by atoms with Crippen LogP contribution in [0.1, 0.15) is 20.7 Å². The molecule has 86 valence electrons. The van der Waals surface area contributed by atoms with E-state index < -0.39 is 11.9 Å². The summed E-state index contributed by atoms with van der Waals surface area (Å²) in [5.41, 5.74) is -0.577. The fourth-order valence-electron chi connectivity index (χ4n) is 1.01. The molecule has 0 amide bonds. The van der Waals surface area contributed by atoms with Gasteiger partial charge < -0.3 is 10.2 Å². The van der Waals surface area contributed by atoms with E-state index in [1.165, 1.54) is 0 Å².